The minimum absolute atomic E-state index is 0.102. The van der Waals surface area contributed by atoms with Gasteiger partial charge in [-0.15, -0.1) is 0 Å². The average molecular weight is 281 g/mol. The van der Waals surface area contributed by atoms with Gasteiger partial charge in [-0.3, -0.25) is 9.59 Å². The van der Waals surface area contributed by atoms with Crippen LogP contribution in [0.1, 0.15) is 64.7 Å². The smallest absolute Gasteiger partial charge is 0.303 e. The van der Waals surface area contributed by atoms with Crippen molar-refractivity contribution in [2.75, 3.05) is 13.1 Å². The predicted molar refractivity (Wildman–Crippen MR) is 77.4 cm³/mol. The van der Waals surface area contributed by atoms with E-state index in [2.05, 4.69) is 6.92 Å². The van der Waals surface area contributed by atoms with Crippen molar-refractivity contribution in [3.05, 3.63) is 0 Å². The zero-order valence-electron chi connectivity index (χ0n) is 12.6. The first kappa shape index (κ1) is 15.3. The number of rotatable bonds is 5. The normalized spacial score (nSPS) is 25.6. The minimum Gasteiger partial charge on any atom is -0.481 e. The molecule has 1 unspecified atom stereocenters. The van der Waals surface area contributed by atoms with Crippen LogP contribution in [-0.2, 0) is 9.59 Å². The Hall–Kier alpha value is -1.06. The molecular weight excluding hydrogens is 254 g/mol. The summed E-state index contributed by atoms with van der Waals surface area (Å²) in [6.07, 6.45) is 8.40. The van der Waals surface area contributed by atoms with Gasteiger partial charge in [0.15, 0.2) is 0 Å². The Labute approximate surface area is 121 Å². The average Bonchev–Trinajstić information content (AvgIpc) is 2.94. The maximum atomic E-state index is 12.8. The third-order valence-electron chi connectivity index (χ3n) is 5.26. The van der Waals surface area contributed by atoms with E-state index in [1.54, 1.807) is 0 Å². The van der Waals surface area contributed by atoms with E-state index in [9.17, 15) is 9.59 Å². The third kappa shape index (κ3) is 3.33. The quantitative estimate of drug-likeness (QED) is 0.842. The van der Waals surface area contributed by atoms with Gasteiger partial charge in [0, 0.05) is 24.9 Å². The molecular formula is C16H27NO3. The summed E-state index contributed by atoms with van der Waals surface area (Å²) >= 11 is 0. The molecule has 1 aliphatic carbocycles. The molecule has 2 fully saturated rings. The number of amides is 1. The fourth-order valence-electron chi connectivity index (χ4n) is 3.92. The number of hydrogen-bond donors (Lipinski definition) is 1. The van der Waals surface area contributed by atoms with Crippen molar-refractivity contribution >= 4 is 11.9 Å². The standard InChI is InChI=1S/C16H27NO3/c1-2-16(9-3-4-10-16)15(20)17-11-5-6-13(12-17)7-8-14(18)19/h13H,2-12H2,1H3,(H,18,19). The number of hydrogen-bond acceptors (Lipinski definition) is 2. The fourth-order valence-corrected chi connectivity index (χ4v) is 3.92. The van der Waals surface area contributed by atoms with Crippen LogP contribution in [0.4, 0.5) is 0 Å². The lowest BCUT2D eigenvalue weighted by Gasteiger charge is -2.38. The SMILES string of the molecule is CCC1(C(=O)N2CCCC(CCC(=O)O)C2)CCCC1. The molecule has 4 nitrogen and oxygen atoms in total. The summed E-state index contributed by atoms with van der Waals surface area (Å²) in [5.41, 5.74) is -0.102. The number of likely N-dealkylation sites (tertiary alicyclic amines) is 1. The summed E-state index contributed by atoms with van der Waals surface area (Å²) < 4.78 is 0. The van der Waals surface area contributed by atoms with Crippen LogP contribution in [0.5, 0.6) is 0 Å². The Bertz CT molecular complexity index is 361. The lowest BCUT2D eigenvalue weighted by Crippen LogP contribution is -2.47. The summed E-state index contributed by atoms with van der Waals surface area (Å²) in [4.78, 5) is 25.6. The maximum Gasteiger partial charge on any atom is 0.303 e. The van der Waals surface area contributed by atoms with Crippen LogP contribution in [-0.4, -0.2) is 35.0 Å². The van der Waals surface area contributed by atoms with E-state index in [0.29, 0.717) is 18.2 Å². The molecule has 1 amide bonds. The van der Waals surface area contributed by atoms with Gasteiger partial charge in [-0.2, -0.15) is 0 Å². The summed E-state index contributed by atoms with van der Waals surface area (Å²) in [6, 6.07) is 0. The first-order valence-electron chi connectivity index (χ1n) is 8.08. The van der Waals surface area contributed by atoms with Crippen molar-refractivity contribution in [2.24, 2.45) is 11.3 Å². The van der Waals surface area contributed by atoms with Gasteiger partial charge in [0.2, 0.25) is 5.91 Å². The summed E-state index contributed by atoms with van der Waals surface area (Å²) in [5, 5.41) is 8.79. The second-order valence-electron chi connectivity index (χ2n) is 6.53. The van der Waals surface area contributed by atoms with Gasteiger partial charge in [0.05, 0.1) is 0 Å². The Morgan fingerprint density at radius 1 is 1.25 bits per heavy atom. The highest BCUT2D eigenvalue weighted by atomic mass is 16.4. The van der Waals surface area contributed by atoms with Crippen LogP contribution < -0.4 is 0 Å². The van der Waals surface area contributed by atoms with Gasteiger partial charge in [-0.1, -0.05) is 19.8 Å². The van der Waals surface area contributed by atoms with Crippen molar-refractivity contribution in [1.29, 1.82) is 0 Å². The van der Waals surface area contributed by atoms with E-state index < -0.39 is 5.97 Å². The lowest BCUT2D eigenvalue weighted by atomic mass is 9.80. The van der Waals surface area contributed by atoms with Gasteiger partial charge in [0.25, 0.3) is 0 Å². The highest BCUT2D eigenvalue weighted by Crippen LogP contribution is 2.43. The molecule has 20 heavy (non-hydrogen) atoms. The van der Waals surface area contributed by atoms with Gasteiger partial charge >= 0.3 is 5.97 Å². The Balaban J connectivity index is 1.94. The molecule has 1 N–H and O–H groups in total. The largest absolute Gasteiger partial charge is 0.481 e. The third-order valence-corrected chi connectivity index (χ3v) is 5.26. The number of aliphatic carboxylic acids is 1. The minimum atomic E-state index is -0.728. The molecule has 0 spiro atoms. The Morgan fingerprint density at radius 3 is 2.55 bits per heavy atom. The van der Waals surface area contributed by atoms with Crippen molar-refractivity contribution in [3.63, 3.8) is 0 Å². The maximum absolute atomic E-state index is 12.8. The monoisotopic (exact) mass is 281 g/mol. The van der Waals surface area contributed by atoms with Crippen LogP contribution in [0.15, 0.2) is 0 Å². The zero-order chi connectivity index (χ0) is 14.6. The van der Waals surface area contributed by atoms with Gasteiger partial charge < -0.3 is 10.0 Å². The van der Waals surface area contributed by atoms with Gasteiger partial charge in [0.1, 0.15) is 0 Å². The van der Waals surface area contributed by atoms with Crippen molar-refractivity contribution in [3.8, 4) is 0 Å². The van der Waals surface area contributed by atoms with Crippen LogP contribution >= 0.6 is 0 Å². The van der Waals surface area contributed by atoms with E-state index >= 15 is 0 Å². The molecule has 1 saturated carbocycles. The van der Waals surface area contributed by atoms with E-state index in [-0.39, 0.29) is 11.8 Å². The van der Waals surface area contributed by atoms with E-state index in [0.717, 1.165) is 45.2 Å². The van der Waals surface area contributed by atoms with Crippen LogP contribution in [0.2, 0.25) is 0 Å². The van der Waals surface area contributed by atoms with Gasteiger partial charge in [-0.05, 0) is 44.4 Å². The predicted octanol–water partition coefficient (Wildman–Crippen LogP) is 3.06. The van der Waals surface area contributed by atoms with Crippen LogP contribution in [0, 0.1) is 11.3 Å². The number of carboxylic acid groups (broad SMARTS) is 1. The fraction of sp³-hybridized carbons (Fsp3) is 0.875. The number of carbonyl (C=O) groups excluding carboxylic acids is 1. The molecule has 2 rings (SSSR count). The van der Waals surface area contributed by atoms with E-state index in [1.165, 1.54) is 12.8 Å². The molecule has 114 valence electrons. The highest BCUT2D eigenvalue weighted by Gasteiger charge is 2.42. The Morgan fingerprint density at radius 2 is 1.95 bits per heavy atom. The molecule has 0 radical (unpaired) electrons. The second kappa shape index (κ2) is 6.59. The summed E-state index contributed by atoms with van der Waals surface area (Å²) in [6.45, 7) is 3.77. The first-order valence-corrected chi connectivity index (χ1v) is 8.08. The number of nitrogens with zero attached hydrogens (tertiary/aromatic N) is 1. The topological polar surface area (TPSA) is 57.6 Å². The molecule has 0 aromatic rings. The first-order chi connectivity index (χ1) is 9.57. The molecule has 2 aliphatic rings. The molecule has 1 heterocycles. The van der Waals surface area contributed by atoms with Crippen molar-refractivity contribution in [1.82, 2.24) is 4.90 Å². The molecule has 0 aromatic carbocycles. The Kier molecular flexibility index (Phi) is 5.06. The van der Waals surface area contributed by atoms with E-state index in [1.807, 2.05) is 4.90 Å². The molecule has 1 atom stereocenters. The summed E-state index contributed by atoms with van der Waals surface area (Å²) in [5.74, 6) is -0.00842. The van der Waals surface area contributed by atoms with Gasteiger partial charge in [-0.25, -0.2) is 0 Å². The molecule has 1 saturated heterocycles. The second-order valence-corrected chi connectivity index (χ2v) is 6.53. The molecule has 1 aliphatic heterocycles. The van der Waals surface area contributed by atoms with Crippen LogP contribution in [0.25, 0.3) is 0 Å². The number of carbonyl (C=O) groups is 2. The number of piperidine rings is 1. The van der Waals surface area contributed by atoms with E-state index in [4.69, 9.17) is 5.11 Å². The highest BCUT2D eigenvalue weighted by molar-refractivity contribution is 5.83. The lowest BCUT2D eigenvalue weighted by molar-refractivity contribution is -0.144. The summed E-state index contributed by atoms with van der Waals surface area (Å²) in [7, 11) is 0. The molecule has 0 aromatic heterocycles. The van der Waals surface area contributed by atoms with Crippen LogP contribution in [0.3, 0.4) is 0 Å². The molecule has 4 heteroatoms. The zero-order valence-corrected chi connectivity index (χ0v) is 12.6. The molecule has 0 bridgehead atoms. The van der Waals surface area contributed by atoms with Crippen molar-refractivity contribution in [2.45, 2.75) is 64.7 Å². The number of carboxylic acids is 1. The van der Waals surface area contributed by atoms with Crippen molar-refractivity contribution < 1.29 is 14.7 Å².